The van der Waals surface area contributed by atoms with E-state index in [1.165, 1.54) is 16.2 Å². The summed E-state index contributed by atoms with van der Waals surface area (Å²) >= 11 is 9.34. The van der Waals surface area contributed by atoms with Gasteiger partial charge in [0.05, 0.1) is 10.6 Å². The molecule has 0 aliphatic carbocycles. The van der Waals surface area contributed by atoms with E-state index < -0.39 is 0 Å². The van der Waals surface area contributed by atoms with Gasteiger partial charge in [0.2, 0.25) is 11.0 Å². The minimum atomic E-state index is -0.346. The first-order valence-electron chi connectivity index (χ1n) is 10.6. The molecule has 6 nitrogen and oxygen atoms in total. The molecule has 2 atom stereocenters. The van der Waals surface area contributed by atoms with E-state index in [1.807, 2.05) is 55.5 Å². The summed E-state index contributed by atoms with van der Waals surface area (Å²) in [7, 11) is 3.40. The molecule has 0 saturated carbocycles. The van der Waals surface area contributed by atoms with Crippen LogP contribution >= 0.6 is 34.3 Å². The van der Waals surface area contributed by atoms with E-state index >= 15 is 0 Å². The molecular formula is C25H23ClN4O2S2. The van der Waals surface area contributed by atoms with Crippen LogP contribution in [0.5, 0.6) is 0 Å². The summed E-state index contributed by atoms with van der Waals surface area (Å²) < 4.78 is 0. The van der Waals surface area contributed by atoms with Crippen molar-refractivity contribution in [2.75, 3.05) is 19.4 Å². The molecular weight excluding hydrogens is 488 g/mol. The zero-order valence-electron chi connectivity index (χ0n) is 18.9. The van der Waals surface area contributed by atoms with Gasteiger partial charge in [0, 0.05) is 35.7 Å². The van der Waals surface area contributed by atoms with Crippen LogP contribution in [-0.2, 0) is 4.79 Å². The number of amides is 2. The minimum Gasteiger partial charge on any atom is -0.345 e. The Morgan fingerprint density at radius 3 is 2.47 bits per heavy atom. The number of carbonyl (C=O) groups excluding carboxylic acids is 2. The first-order valence-corrected chi connectivity index (χ1v) is 12.7. The first-order chi connectivity index (χ1) is 16.3. The molecule has 2 heterocycles. The summed E-state index contributed by atoms with van der Waals surface area (Å²) in [5, 5.41) is 11.5. The molecule has 0 bridgehead atoms. The summed E-state index contributed by atoms with van der Waals surface area (Å²) in [6, 6.07) is 19.6. The van der Waals surface area contributed by atoms with E-state index in [9.17, 15) is 9.59 Å². The maximum absolute atomic E-state index is 13.1. The Morgan fingerprint density at radius 1 is 1.06 bits per heavy atom. The molecule has 1 N–H and O–H groups in total. The van der Waals surface area contributed by atoms with Crippen LogP contribution in [0.4, 0.5) is 5.13 Å². The van der Waals surface area contributed by atoms with Crippen LogP contribution in [0.2, 0.25) is 5.02 Å². The lowest BCUT2D eigenvalue weighted by Gasteiger charge is -2.22. The average molecular weight is 511 g/mol. The van der Waals surface area contributed by atoms with Crippen LogP contribution in [0.25, 0.3) is 10.4 Å². The normalized spacial score (nSPS) is 12.7. The summed E-state index contributed by atoms with van der Waals surface area (Å²) in [4.78, 5) is 28.9. The van der Waals surface area contributed by atoms with Crippen LogP contribution in [0.1, 0.15) is 33.6 Å². The molecule has 0 radical (unpaired) electrons. The van der Waals surface area contributed by atoms with E-state index in [2.05, 4.69) is 21.6 Å². The Hall–Kier alpha value is -3.07. The predicted octanol–water partition coefficient (Wildman–Crippen LogP) is 6.03. The first kappa shape index (κ1) is 24.1. The maximum Gasteiger partial charge on any atom is 0.254 e. The van der Waals surface area contributed by atoms with Gasteiger partial charge in [-0.15, -0.1) is 21.5 Å². The van der Waals surface area contributed by atoms with Gasteiger partial charge in [0.15, 0.2) is 0 Å². The van der Waals surface area contributed by atoms with Crippen molar-refractivity contribution in [2.24, 2.45) is 5.92 Å². The molecule has 2 aromatic heterocycles. The molecule has 4 aromatic rings. The highest BCUT2D eigenvalue weighted by Crippen LogP contribution is 2.40. The Labute approximate surface area is 211 Å². The van der Waals surface area contributed by atoms with Gasteiger partial charge in [-0.05, 0) is 35.4 Å². The fourth-order valence-corrected chi connectivity index (χ4v) is 5.66. The van der Waals surface area contributed by atoms with Crippen LogP contribution in [0.3, 0.4) is 0 Å². The second kappa shape index (κ2) is 10.5. The maximum atomic E-state index is 13.1. The smallest absolute Gasteiger partial charge is 0.254 e. The predicted molar refractivity (Wildman–Crippen MR) is 139 cm³/mol. The number of halogens is 1. The highest BCUT2D eigenvalue weighted by Gasteiger charge is 2.29. The van der Waals surface area contributed by atoms with E-state index in [4.69, 9.17) is 11.6 Å². The van der Waals surface area contributed by atoms with Gasteiger partial charge in [-0.25, -0.2) is 0 Å². The summed E-state index contributed by atoms with van der Waals surface area (Å²) in [6.45, 7) is 1.92. The molecule has 0 aliphatic heterocycles. The molecule has 2 amide bonds. The molecule has 174 valence electrons. The third kappa shape index (κ3) is 5.19. The van der Waals surface area contributed by atoms with Crippen molar-refractivity contribution in [1.82, 2.24) is 15.1 Å². The third-order valence-corrected chi connectivity index (χ3v) is 7.62. The van der Waals surface area contributed by atoms with Gasteiger partial charge in [0.25, 0.3) is 5.91 Å². The molecule has 4 rings (SSSR count). The molecule has 0 aliphatic rings. The van der Waals surface area contributed by atoms with Crippen molar-refractivity contribution in [1.29, 1.82) is 0 Å². The Bertz CT molecular complexity index is 1290. The largest absolute Gasteiger partial charge is 0.345 e. The average Bonchev–Trinajstić information content (AvgIpc) is 3.52. The number of nitrogens with one attached hydrogen (secondary N) is 1. The van der Waals surface area contributed by atoms with E-state index in [-0.39, 0.29) is 23.7 Å². The molecule has 0 saturated heterocycles. The second-order valence-corrected chi connectivity index (χ2v) is 10.4. The number of aromatic nitrogens is 2. The molecule has 2 unspecified atom stereocenters. The standard InChI is InChI=1S/C25H23ClN4O2S2/c1-15(23(31)28-25-29-27-14-33-25)22(16-7-5-4-6-8-16)21-12-11-20(34-21)17-9-10-18(19(26)13-17)24(32)30(2)3/h4-15,22H,1-3H3,(H,28,29,31). The summed E-state index contributed by atoms with van der Waals surface area (Å²) in [5.41, 5.74) is 4.04. The number of hydrogen-bond donors (Lipinski definition) is 1. The van der Waals surface area contributed by atoms with Gasteiger partial charge in [-0.1, -0.05) is 66.3 Å². The van der Waals surface area contributed by atoms with Crippen molar-refractivity contribution in [2.45, 2.75) is 12.8 Å². The lowest BCUT2D eigenvalue weighted by atomic mass is 9.85. The van der Waals surface area contributed by atoms with Crippen molar-refractivity contribution < 1.29 is 9.59 Å². The lowest BCUT2D eigenvalue weighted by Crippen LogP contribution is -2.26. The number of thiophene rings is 1. The summed E-state index contributed by atoms with van der Waals surface area (Å²) in [6.07, 6.45) is 0. The second-order valence-electron chi connectivity index (χ2n) is 8.01. The topological polar surface area (TPSA) is 75.2 Å². The lowest BCUT2D eigenvalue weighted by molar-refractivity contribution is -0.119. The van der Waals surface area contributed by atoms with Crippen LogP contribution in [0.15, 0.2) is 66.2 Å². The number of benzene rings is 2. The zero-order valence-corrected chi connectivity index (χ0v) is 21.2. The quantitative estimate of drug-likeness (QED) is 0.329. The van der Waals surface area contributed by atoms with Crippen molar-refractivity contribution in [3.05, 3.63) is 87.2 Å². The fourth-order valence-electron chi connectivity index (χ4n) is 3.72. The number of anilines is 1. The van der Waals surface area contributed by atoms with Gasteiger partial charge < -0.3 is 10.2 Å². The zero-order chi connectivity index (χ0) is 24.2. The van der Waals surface area contributed by atoms with Gasteiger partial charge in [-0.3, -0.25) is 9.59 Å². The molecule has 2 aromatic carbocycles. The molecule has 0 spiro atoms. The SMILES string of the molecule is CC(C(=O)Nc1nncs1)C(c1ccccc1)c1ccc(-c2ccc(C(=O)N(C)C)c(Cl)c2)s1. The molecule has 9 heteroatoms. The Kier molecular flexibility index (Phi) is 7.41. The van der Waals surface area contributed by atoms with Crippen LogP contribution in [-0.4, -0.2) is 41.0 Å². The van der Waals surface area contributed by atoms with E-state index in [0.717, 1.165) is 20.9 Å². The van der Waals surface area contributed by atoms with Crippen LogP contribution in [0, 0.1) is 5.92 Å². The number of hydrogen-bond acceptors (Lipinski definition) is 6. The Morgan fingerprint density at radius 2 is 1.82 bits per heavy atom. The third-order valence-electron chi connectivity index (χ3n) is 5.49. The van der Waals surface area contributed by atoms with Crippen molar-refractivity contribution in [3.63, 3.8) is 0 Å². The van der Waals surface area contributed by atoms with Crippen LogP contribution < -0.4 is 5.32 Å². The number of nitrogens with zero attached hydrogens (tertiary/aromatic N) is 3. The Balaban J connectivity index is 1.65. The number of carbonyl (C=O) groups is 2. The monoisotopic (exact) mass is 510 g/mol. The fraction of sp³-hybridized carbons (Fsp3) is 0.200. The molecule has 0 fully saturated rings. The highest BCUT2D eigenvalue weighted by atomic mass is 35.5. The van der Waals surface area contributed by atoms with Gasteiger partial charge >= 0.3 is 0 Å². The minimum absolute atomic E-state index is 0.116. The van der Waals surface area contributed by atoms with Gasteiger partial charge in [-0.2, -0.15) is 0 Å². The molecule has 34 heavy (non-hydrogen) atoms. The van der Waals surface area contributed by atoms with Crippen molar-refractivity contribution in [3.8, 4) is 10.4 Å². The van der Waals surface area contributed by atoms with E-state index in [1.54, 1.807) is 37.0 Å². The number of rotatable bonds is 7. The van der Waals surface area contributed by atoms with Gasteiger partial charge in [0.1, 0.15) is 5.51 Å². The van der Waals surface area contributed by atoms with Crippen molar-refractivity contribution >= 4 is 51.2 Å². The summed E-state index contributed by atoms with van der Waals surface area (Å²) in [5.74, 6) is -0.739. The highest BCUT2D eigenvalue weighted by molar-refractivity contribution is 7.15. The van der Waals surface area contributed by atoms with E-state index in [0.29, 0.717) is 15.7 Å².